The molecule has 1 amide bonds. The Labute approximate surface area is 281 Å². The zero-order chi connectivity index (χ0) is 32.3. The number of nitrogens with one attached hydrogen (secondary N) is 1. The predicted molar refractivity (Wildman–Crippen MR) is 180 cm³/mol. The molecule has 3 atom stereocenters. The Morgan fingerprint density at radius 2 is 1.78 bits per heavy atom. The van der Waals surface area contributed by atoms with Crippen molar-refractivity contribution in [3.05, 3.63) is 63.3 Å². The maximum atomic E-state index is 14.1. The normalized spacial score (nSPS) is 25.7. The number of ether oxygens (including phenoxy) is 1. The number of carbonyl (C=O) groups is 1. The van der Waals surface area contributed by atoms with E-state index in [-0.39, 0.29) is 35.0 Å². The number of rotatable bonds is 8. The number of halogens is 2. The van der Waals surface area contributed by atoms with Crippen LogP contribution in [0.1, 0.15) is 55.3 Å². The lowest BCUT2D eigenvalue weighted by atomic mass is 9.95. The van der Waals surface area contributed by atoms with Gasteiger partial charge < -0.3 is 19.9 Å². The highest BCUT2D eigenvalue weighted by Gasteiger charge is 2.46. The Morgan fingerprint density at radius 3 is 2.52 bits per heavy atom. The van der Waals surface area contributed by atoms with Crippen LogP contribution in [0.4, 0.5) is 0 Å². The first-order valence-corrected chi connectivity index (χ1v) is 18.5. The molecule has 4 saturated heterocycles. The van der Waals surface area contributed by atoms with E-state index in [4.69, 9.17) is 27.9 Å². The molecule has 2 unspecified atom stereocenters. The molecule has 1 N–H and O–H groups in total. The van der Waals surface area contributed by atoms with E-state index in [0.29, 0.717) is 60.4 Å². The van der Waals surface area contributed by atoms with Gasteiger partial charge in [-0.15, -0.1) is 0 Å². The summed E-state index contributed by atoms with van der Waals surface area (Å²) in [5, 5.41) is 5.06. The SMILES string of the molecule is Cc1cc(C)c2cccc(OCc3c(Cl)ccc(S(=O)(=O)N4CCC[C@H]4C(=O)N4CC(NC5CC6CCC(C5)N6C)C4)c3Cl)c2n1. The summed E-state index contributed by atoms with van der Waals surface area (Å²) in [6.45, 7) is 5.39. The van der Waals surface area contributed by atoms with Gasteiger partial charge in [0.15, 0.2) is 0 Å². The molecular formula is C34H41Cl2N5O4S. The van der Waals surface area contributed by atoms with Gasteiger partial charge in [-0.3, -0.25) is 4.79 Å². The molecule has 2 aromatic carbocycles. The van der Waals surface area contributed by atoms with Gasteiger partial charge in [-0.1, -0.05) is 35.3 Å². The number of carbonyl (C=O) groups excluding carboxylic acids is 1. The van der Waals surface area contributed by atoms with Crippen LogP contribution in [0.15, 0.2) is 41.3 Å². The molecule has 246 valence electrons. The molecule has 0 radical (unpaired) electrons. The number of para-hydroxylation sites is 1. The molecule has 3 aromatic rings. The fourth-order valence-corrected chi connectivity index (χ4v) is 10.5. The van der Waals surface area contributed by atoms with Gasteiger partial charge >= 0.3 is 0 Å². The van der Waals surface area contributed by atoms with Crippen LogP contribution in [0, 0.1) is 13.8 Å². The lowest BCUT2D eigenvalue weighted by Gasteiger charge is -2.45. The molecule has 5 heterocycles. The summed E-state index contributed by atoms with van der Waals surface area (Å²) in [4.78, 5) is 22.6. The number of hydrogen-bond donors (Lipinski definition) is 1. The third kappa shape index (κ3) is 5.79. The number of likely N-dealkylation sites (tertiary alicyclic amines) is 1. The minimum Gasteiger partial charge on any atom is -0.487 e. The van der Waals surface area contributed by atoms with Gasteiger partial charge in [0.05, 0.1) is 5.02 Å². The molecule has 2 bridgehead atoms. The number of pyridine rings is 1. The highest BCUT2D eigenvalue weighted by atomic mass is 35.5. The molecule has 0 aliphatic carbocycles. The molecule has 12 heteroatoms. The van der Waals surface area contributed by atoms with Crippen molar-refractivity contribution in [2.24, 2.45) is 0 Å². The average Bonchev–Trinajstić information content (AvgIpc) is 3.56. The van der Waals surface area contributed by atoms with Crippen LogP contribution in [-0.2, 0) is 21.4 Å². The number of sulfonamides is 1. The molecule has 1 aromatic heterocycles. The van der Waals surface area contributed by atoms with Gasteiger partial charge in [0.25, 0.3) is 0 Å². The quantitative estimate of drug-likeness (QED) is 0.343. The van der Waals surface area contributed by atoms with E-state index >= 15 is 0 Å². The minimum atomic E-state index is -4.09. The molecular weight excluding hydrogens is 645 g/mol. The number of fused-ring (bicyclic) bond motifs is 3. The number of benzene rings is 2. The second-order valence-electron chi connectivity index (χ2n) is 13.5. The summed E-state index contributed by atoms with van der Waals surface area (Å²) in [6.07, 6.45) is 5.94. The summed E-state index contributed by atoms with van der Waals surface area (Å²) >= 11 is 13.3. The van der Waals surface area contributed by atoms with Gasteiger partial charge in [0.1, 0.15) is 28.8 Å². The van der Waals surface area contributed by atoms with Crippen molar-refractivity contribution in [2.45, 2.75) is 94.1 Å². The fourth-order valence-electron chi connectivity index (χ4n) is 7.99. The van der Waals surface area contributed by atoms with Crippen LogP contribution in [0.25, 0.3) is 10.9 Å². The third-order valence-electron chi connectivity index (χ3n) is 10.5. The van der Waals surface area contributed by atoms with Crippen LogP contribution in [0.3, 0.4) is 0 Å². The van der Waals surface area contributed by atoms with E-state index in [1.54, 1.807) is 4.90 Å². The number of amides is 1. The molecule has 46 heavy (non-hydrogen) atoms. The summed E-state index contributed by atoms with van der Waals surface area (Å²) in [5.74, 6) is 0.422. The Hall–Kier alpha value is -2.47. The van der Waals surface area contributed by atoms with Crippen molar-refractivity contribution in [1.82, 2.24) is 24.4 Å². The summed E-state index contributed by atoms with van der Waals surface area (Å²) in [7, 11) is -1.85. The van der Waals surface area contributed by atoms with E-state index in [1.165, 1.54) is 29.3 Å². The Kier molecular flexibility index (Phi) is 8.74. The Bertz CT molecular complexity index is 1770. The fraction of sp³-hybridized carbons (Fsp3) is 0.529. The van der Waals surface area contributed by atoms with Gasteiger partial charge in [-0.05, 0) is 89.2 Å². The highest BCUT2D eigenvalue weighted by Crippen LogP contribution is 2.38. The summed E-state index contributed by atoms with van der Waals surface area (Å²) < 4.78 is 35.6. The largest absolute Gasteiger partial charge is 0.487 e. The first kappa shape index (κ1) is 32.1. The molecule has 4 aliphatic rings. The van der Waals surface area contributed by atoms with Crippen molar-refractivity contribution in [3.63, 3.8) is 0 Å². The van der Waals surface area contributed by atoms with E-state index in [2.05, 4.69) is 22.2 Å². The van der Waals surface area contributed by atoms with Crippen molar-refractivity contribution in [2.75, 3.05) is 26.7 Å². The maximum absolute atomic E-state index is 14.1. The van der Waals surface area contributed by atoms with Crippen LogP contribution < -0.4 is 10.1 Å². The van der Waals surface area contributed by atoms with Crippen LogP contribution >= 0.6 is 23.2 Å². The van der Waals surface area contributed by atoms with Gasteiger partial charge in [0, 0.05) is 65.5 Å². The molecule has 4 aliphatic heterocycles. The third-order valence-corrected chi connectivity index (χ3v) is 13.3. The maximum Gasteiger partial charge on any atom is 0.245 e. The van der Waals surface area contributed by atoms with Crippen molar-refractivity contribution in [3.8, 4) is 5.75 Å². The smallest absolute Gasteiger partial charge is 0.245 e. The summed E-state index contributed by atoms with van der Waals surface area (Å²) in [5.41, 5.74) is 3.04. The van der Waals surface area contributed by atoms with E-state index in [1.807, 2.05) is 38.1 Å². The lowest BCUT2D eigenvalue weighted by molar-refractivity contribution is -0.139. The number of nitrogens with zero attached hydrogens (tertiary/aromatic N) is 4. The van der Waals surface area contributed by atoms with Crippen LogP contribution in [0.5, 0.6) is 5.75 Å². The zero-order valence-corrected chi connectivity index (χ0v) is 28.8. The number of aromatic nitrogens is 1. The van der Waals surface area contributed by atoms with E-state index in [0.717, 1.165) is 35.0 Å². The molecule has 0 spiro atoms. The number of hydrogen-bond acceptors (Lipinski definition) is 7. The zero-order valence-electron chi connectivity index (χ0n) is 26.5. The number of aryl methyl sites for hydroxylation is 2. The van der Waals surface area contributed by atoms with Crippen molar-refractivity contribution < 1.29 is 17.9 Å². The summed E-state index contributed by atoms with van der Waals surface area (Å²) in [6, 6.07) is 12.0. The van der Waals surface area contributed by atoms with Gasteiger partial charge in [-0.2, -0.15) is 4.31 Å². The highest BCUT2D eigenvalue weighted by molar-refractivity contribution is 7.89. The second-order valence-corrected chi connectivity index (χ2v) is 16.1. The van der Waals surface area contributed by atoms with Crippen LogP contribution in [-0.4, -0.2) is 90.3 Å². The molecule has 4 fully saturated rings. The van der Waals surface area contributed by atoms with Gasteiger partial charge in [-0.25, -0.2) is 13.4 Å². The van der Waals surface area contributed by atoms with E-state index in [9.17, 15) is 13.2 Å². The first-order valence-electron chi connectivity index (χ1n) is 16.3. The predicted octanol–water partition coefficient (Wildman–Crippen LogP) is 5.32. The second kappa shape index (κ2) is 12.5. The molecule has 9 nitrogen and oxygen atoms in total. The minimum absolute atomic E-state index is 0.00599. The standard InChI is InChI=1S/C34H41Cl2N5O4S/c1-20-14-21(2)37-33-26(20)6-4-8-30(33)45-19-27-28(35)11-12-31(32(27)36)46(43,44)41-13-5-7-29(41)34(42)40-17-23(18-40)38-22-15-24-9-10-25(16-22)39(24)3/h4,6,8,11-12,14,22-25,29,38H,5,7,9-10,13,15-19H2,1-3H3/t22?,24?,25?,29-/m0/s1. The molecule has 7 rings (SSSR count). The molecule has 0 saturated carbocycles. The monoisotopic (exact) mass is 685 g/mol. The average molecular weight is 687 g/mol. The van der Waals surface area contributed by atoms with Crippen LogP contribution in [0.2, 0.25) is 10.0 Å². The topological polar surface area (TPSA) is 95.1 Å². The first-order chi connectivity index (χ1) is 22.0. The van der Waals surface area contributed by atoms with Crippen molar-refractivity contribution >= 4 is 50.0 Å². The van der Waals surface area contributed by atoms with Gasteiger partial charge in [0.2, 0.25) is 15.9 Å². The Balaban J connectivity index is 1.03. The lowest BCUT2D eigenvalue weighted by Crippen LogP contribution is -2.65. The Morgan fingerprint density at radius 1 is 1.04 bits per heavy atom. The number of piperidine rings is 1. The van der Waals surface area contributed by atoms with Crippen molar-refractivity contribution in [1.29, 1.82) is 0 Å². The van der Waals surface area contributed by atoms with E-state index < -0.39 is 16.1 Å².